The zero-order valence-corrected chi connectivity index (χ0v) is 11.5. The summed E-state index contributed by atoms with van der Waals surface area (Å²) in [5, 5.41) is 0. The first kappa shape index (κ1) is 17.5. The number of rotatable bonds is 3. The molecule has 0 aliphatic heterocycles. The summed E-state index contributed by atoms with van der Waals surface area (Å²) in [4.78, 5) is 2.20. The van der Waals surface area contributed by atoms with Crippen molar-refractivity contribution in [3.8, 4) is 0 Å². The average Bonchev–Trinajstić information content (AvgIpc) is 2.03. The predicted octanol–water partition coefficient (Wildman–Crippen LogP) is 1.71. The molecule has 0 aliphatic carbocycles. The van der Waals surface area contributed by atoms with Gasteiger partial charge in [-0.3, -0.25) is 9.11 Å². The molecule has 0 atom stereocenters. The molecule has 0 spiro atoms. The van der Waals surface area contributed by atoms with Crippen molar-refractivity contribution in [2.45, 2.75) is 20.8 Å². The van der Waals surface area contributed by atoms with E-state index in [0.29, 0.717) is 0 Å². The van der Waals surface area contributed by atoms with Crippen LogP contribution in [0.25, 0.3) is 0 Å². The van der Waals surface area contributed by atoms with E-state index in [4.69, 9.17) is 29.7 Å². The molecule has 0 saturated carbocycles. The standard InChI is InChI=1S/C7H15NS2.H2O4S/c1-4-8(5-2)7(9)10-6-3;1-5(2,3)4/h4-6H2,1-3H3;(H2,1,2,3,4). The Balaban J connectivity index is 0. The van der Waals surface area contributed by atoms with Gasteiger partial charge in [-0.25, -0.2) is 0 Å². The maximum atomic E-state index is 8.74. The second-order valence-corrected chi connectivity index (χ2v) is 5.11. The Bertz CT molecular complexity index is 253. The summed E-state index contributed by atoms with van der Waals surface area (Å²) in [7, 11) is -4.67. The van der Waals surface area contributed by atoms with Gasteiger partial charge in [0.1, 0.15) is 4.32 Å². The summed E-state index contributed by atoms with van der Waals surface area (Å²) in [5.74, 6) is 1.08. The van der Waals surface area contributed by atoms with Gasteiger partial charge in [0.05, 0.1) is 0 Å². The number of nitrogens with zero attached hydrogens (tertiary/aromatic N) is 1. The Kier molecular flexibility index (Phi) is 10.9. The molecule has 15 heavy (non-hydrogen) atoms. The molecule has 0 aromatic heterocycles. The fourth-order valence-electron chi connectivity index (χ4n) is 0.697. The molecule has 0 aromatic rings. The van der Waals surface area contributed by atoms with E-state index in [1.807, 2.05) is 0 Å². The quantitative estimate of drug-likeness (QED) is 0.599. The van der Waals surface area contributed by atoms with Crippen molar-refractivity contribution >= 4 is 38.7 Å². The molecule has 0 bridgehead atoms. The molecule has 0 fully saturated rings. The molecule has 0 radical (unpaired) electrons. The molecule has 0 aliphatic rings. The van der Waals surface area contributed by atoms with Gasteiger partial charge in [0, 0.05) is 13.1 Å². The Morgan fingerprint density at radius 3 is 1.80 bits per heavy atom. The Hall–Kier alpha value is 0.110. The number of thiocarbonyl (C=S) groups is 1. The van der Waals surface area contributed by atoms with Gasteiger partial charge in [0.25, 0.3) is 0 Å². The highest BCUT2D eigenvalue weighted by Crippen LogP contribution is 2.07. The molecule has 0 heterocycles. The lowest BCUT2D eigenvalue weighted by Gasteiger charge is -2.20. The van der Waals surface area contributed by atoms with Crippen LogP contribution in [0.3, 0.4) is 0 Å². The van der Waals surface area contributed by atoms with Gasteiger partial charge in [0.15, 0.2) is 0 Å². The number of hydrogen-bond donors (Lipinski definition) is 2. The van der Waals surface area contributed by atoms with Crippen molar-refractivity contribution < 1.29 is 17.5 Å². The Morgan fingerprint density at radius 2 is 1.60 bits per heavy atom. The van der Waals surface area contributed by atoms with Crippen molar-refractivity contribution in [1.29, 1.82) is 0 Å². The zero-order chi connectivity index (χ0) is 12.5. The van der Waals surface area contributed by atoms with Crippen LogP contribution in [0.1, 0.15) is 20.8 Å². The third kappa shape index (κ3) is 16.8. The molecule has 0 aromatic carbocycles. The van der Waals surface area contributed by atoms with Crippen LogP contribution >= 0.6 is 24.0 Å². The van der Waals surface area contributed by atoms with E-state index in [9.17, 15) is 0 Å². The van der Waals surface area contributed by atoms with Gasteiger partial charge in [-0.05, 0) is 19.6 Å². The van der Waals surface area contributed by atoms with Crippen molar-refractivity contribution in [1.82, 2.24) is 4.90 Å². The minimum Gasteiger partial charge on any atom is -0.358 e. The van der Waals surface area contributed by atoms with Gasteiger partial charge in [-0.15, -0.1) is 0 Å². The average molecular weight is 275 g/mol. The van der Waals surface area contributed by atoms with Crippen molar-refractivity contribution in [3.63, 3.8) is 0 Å². The smallest absolute Gasteiger partial charge is 0.358 e. The van der Waals surface area contributed by atoms with E-state index in [2.05, 4.69) is 25.7 Å². The maximum absolute atomic E-state index is 8.74. The summed E-state index contributed by atoms with van der Waals surface area (Å²) < 4.78 is 32.6. The summed E-state index contributed by atoms with van der Waals surface area (Å²) in [6.07, 6.45) is 0. The summed E-state index contributed by atoms with van der Waals surface area (Å²) in [5.41, 5.74) is 0. The lowest BCUT2D eigenvalue weighted by atomic mass is 10.6. The van der Waals surface area contributed by atoms with E-state index in [1.54, 1.807) is 11.8 Å². The van der Waals surface area contributed by atoms with Crippen LogP contribution in [0.15, 0.2) is 0 Å². The first-order valence-electron chi connectivity index (χ1n) is 4.37. The highest BCUT2D eigenvalue weighted by Gasteiger charge is 2.02. The first-order chi connectivity index (χ1) is 6.76. The van der Waals surface area contributed by atoms with Crippen LogP contribution in [0.5, 0.6) is 0 Å². The largest absolute Gasteiger partial charge is 0.394 e. The lowest BCUT2D eigenvalue weighted by molar-refractivity contribution is 0.381. The zero-order valence-electron chi connectivity index (χ0n) is 9.00. The van der Waals surface area contributed by atoms with Gasteiger partial charge >= 0.3 is 10.4 Å². The lowest BCUT2D eigenvalue weighted by Crippen LogP contribution is -2.26. The first-order valence-corrected chi connectivity index (χ1v) is 7.16. The minimum absolute atomic E-state index is 1.03. The fourth-order valence-corrected chi connectivity index (χ4v) is 2.00. The molecule has 2 N–H and O–H groups in total. The van der Waals surface area contributed by atoms with E-state index >= 15 is 0 Å². The molecular weight excluding hydrogens is 258 g/mol. The molecule has 0 rings (SSSR count). The monoisotopic (exact) mass is 275 g/mol. The molecule has 8 heteroatoms. The van der Waals surface area contributed by atoms with Crippen molar-refractivity contribution in [2.75, 3.05) is 18.8 Å². The summed E-state index contributed by atoms with van der Waals surface area (Å²) >= 11 is 6.91. The molecule has 0 unspecified atom stereocenters. The van der Waals surface area contributed by atoms with Crippen LogP contribution in [-0.4, -0.2) is 45.6 Å². The fraction of sp³-hybridized carbons (Fsp3) is 0.857. The maximum Gasteiger partial charge on any atom is 0.394 e. The summed E-state index contributed by atoms with van der Waals surface area (Å²) in [6.45, 7) is 8.45. The van der Waals surface area contributed by atoms with E-state index in [0.717, 1.165) is 23.2 Å². The molecule has 5 nitrogen and oxygen atoms in total. The predicted molar refractivity (Wildman–Crippen MR) is 67.8 cm³/mol. The van der Waals surface area contributed by atoms with Gasteiger partial charge < -0.3 is 4.90 Å². The van der Waals surface area contributed by atoms with Gasteiger partial charge in [0.2, 0.25) is 0 Å². The minimum atomic E-state index is -4.67. The molecular formula is C7H17NO4S3. The van der Waals surface area contributed by atoms with Crippen LogP contribution in [0, 0.1) is 0 Å². The second kappa shape index (κ2) is 9.34. The Labute approximate surface area is 101 Å². The van der Waals surface area contributed by atoms with Gasteiger partial charge in [-0.1, -0.05) is 30.9 Å². The van der Waals surface area contributed by atoms with Crippen LogP contribution in [-0.2, 0) is 10.4 Å². The number of hydrogen-bond acceptors (Lipinski definition) is 4. The molecule has 92 valence electrons. The van der Waals surface area contributed by atoms with Gasteiger partial charge in [-0.2, -0.15) is 8.42 Å². The number of thioether (sulfide) groups is 1. The highest BCUT2D eigenvalue weighted by molar-refractivity contribution is 8.22. The summed E-state index contributed by atoms with van der Waals surface area (Å²) in [6, 6.07) is 0. The van der Waals surface area contributed by atoms with E-state index in [1.165, 1.54) is 0 Å². The SMILES string of the molecule is CCSC(=S)N(CC)CC.O=S(=O)(O)O. The third-order valence-electron chi connectivity index (χ3n) is 1.29. The van der Waals surface area contributed by atoms with Crippen LogP contribution < -0.4 is 0 Å². The third-order valence-corrected chi connectivity index (χ3v) is 2.70. The molecule has 0 saturated heterocycles. The van der Waals surface area contributed by atoms with E-state index < -0.39 is 10.4 Å². The highest BCUT2D eigenvalue weighted by atomic mass is 32.3. The topological polar surface area (TPSA) is 77.8 Å². The van der Waals surface area contributed by atoms with Crippen molar-refractivity contribution in [2.24, 2.45) is 0 Å². The second-order valence-electron chi connectivity index (χ2n) is 2.32. The Morgan fingerprint density at radius 1 is 1.27 bits per heavy atom. The normalized spacial score (nSPS) is 10.2. The van der Waals surface area contributed by atoms with Crippen LogP contribution in [0.4, 0.5) is 0 Å². The van der Waals surface area contributed by atoms with Crippen LogP contribution in [0.2, 0.25) is 0 Å². The molecule has 0 amide bonds. The van der Waals surface area contributed by atoms with Crippen molar-refractivity contribution in [3.05, 3.63) is 0 Å². The van der Waals surface area contributed by atoms with E-state index in [-0.39, 0.29) is 0 Å².